The van der Waals surface area contributed by atoms with Crippen LogP contribution in [0.1, 0.15) is 18.7 Å². The summed E-state index contributed by atoms with van der Waals surface area (Å²) in [6.45, 7) is 0.290. The first kappa shape index (κ1) is 12.3. The van der Waals surface area contributed by atoms with E-state index in [9.17, 15) is 9.59 Å². The first-order chi connectivity index (χ1) is 8.68. The molecule has 18 heavy (non-hydrogen) atoms. The van der Waals surface area contributed by atoms with E-state index in [1.54, 1.807) is 12.4 Å². The molecule has 0 spiro atoms. The highest BCUT2D eigenvalue weighted by atomic mass is 16.4. The van der Waals surface area contributed by atoms with Crippen molar-refractivity contribution in [3.63, 3.8) is 0 Å². The average molecular weight is 249 g/mol. The third-order valence-electron chi connectivity index (χ3n) is 3.07. The lowest BCUT2D eigenvalue weighted by Gasteiger charge is -2.23. The molecule has 0 aliphatic heterocycles. The van der Waals surface area contributed by atoms with Crippen molar-refractivity contribution in [2.75, 3.05) is 0 Å². The summed E-state index contributed by atoms with van der Waals surface area (Å²) in [5.41, 5.74) is 0. The summed E-state index contributed by atoms with van der Waals surface area (Å²) in [5.74, 6) is -1.63. The number of hydrogen-bond acceptors (Lipinski definition) is 3. The second kappa shape index (κ2) is 5.48. The van der Waals surface area contributed by atoms with E-state index in [1.807, 2.05) is 12.2 Å². The number of carbonyl (C=O) groups excluding carboxylic acids is 1. The second-order valence-corrected chi connectivity index (χ2v) is 4.25. The Kier molecular flexibility index (Phi) is 3.76. The van der Waals surface area contributed by atoms with E-state index in [4.69, 9.17) is 5.11 Å². The molecule has 6 nitrogen and oxygen atoms in total. The van der Waals surface area contributed by atoms with E-state index >= 15 is 0 Å². The van der Waals surface area contributed by atoms with Gasteiger partial charge < -0.3 is 15.4 Å². The molecule has 0 bridgehead atoms. The average Bonchev–Trinajstić information content (AvgIpc) is 2.89. The lowest BCUT2D eigenvalue weighted by molar-refractivity contribution is -0.147. The van der Waals surface area contributed by atoms with Gasteiger partial charge >= 0.3 is 5.97 Å². The van der Waals surface area contributed by atoms with Crippen molar-refractivity contribution in [2.45, 2.75) is 19.4 Å². The fourth-order valence-electron chi connectivity index (χ4n) is 2.07. The molecule has 2 atom stereocenters. The maximum atomic E-state index is 12.0. The maximum Gasteiger partial charge on any atom is 0.307 e. The van der Waals surface area contributed by atoms with E-state index in [0.29, 0.717) is 25.2 Å². The normalized spacial score (nSPS) is 22.7. The fraction of sp³-hybridized carbons (Fsp3) is 0.417. The molecule has 0 fully saturated rings. The van der Waals surface area contributed by atoms with Crippen molar-refractivity contribution in [2.24, 2.45) is 11.8 Å². The Labute approximate surface area is 104 Å². The van der Waals surface area contributed by atoms with Crippen molar-refractivity contribution < 1.29 is 14.7 Å². The van der Waals surface area contributed by atoms with Crippen LogP contribution in [0.4, 0.5) is 0 Å². The van der Waals surface area contributed by atoms with Crippen LogP contribution in [0.3, 0.4) is 0 Å². The molecule has 6 heteroatoms. The number of carbonyl (C=O) groups is 2. The Morgan fingerprint density at radius 3 is 2.72 bits per heavy atom. The minimum Gasteiger partial charge on any atom is -0.481 e. The van der Waals surface area contributed by atoms with Gasteiger partial charge in [-0.25, -0.2) is 4.98 Å². The molecule has 0 saturated carbocycles. The first-order valence-corrected chi connectivity index (χ1v) is 5.82. The molecular formula is C12H15N3O3. The van der Waals surface area contributed by atoms with Gasteiger partial charge in [-0.15, -0.1) is 0 Å². The van der Waals surface area contributed by atoms with E-state index in [1.165, 1.54) is 0 Å². The van der Waals surface area contributed by atoms with Crippen LogP contribution in [0.15, 0.2) is 24.5 Å². The number of carboxylic acid groups (broad SMARTS) is 1. The van der Waals surface area contributed by atoms with Gasteiger partial charge in [-0.05, 0) is 12.8 Å². The summed E-state index contributed by atoms with van der Waals surface area (Å²) in [6.07, 6.45) is 7.83. The highest BCUT2D eigenvalue weighted by Gasteiger charge is 2.33. The Bertz CT molecular complexity index is 453. The SMILES string of the molecule is O=C(O)[C@H]1CC=CC[C@H]1C(=O)NCc1ncc[nH]1. The number of nitrogens with zero attached hydrogens (tertiary/aromatic N) is 1. The molecule has 0 aromatic carbocycles. The van der Waals surface area contributed by atoms with Gasteiger partial charge in [-0.2, -0.15) is 0 Å². The second-order valence-electron chi connectivity index (χ2n) is 4.25. The number of amides is 1. The summed E-state index contributed by atoms with van der Waals surface area (Å²) in [6, 6.07) is 0. The molecule has 1 aromatic heterocycles. The number of allylic oxidation sites excluding steroid dienone is 2. The summed E-state index contributed by atoms with van der Waals surface area (Å²) in [5, 5.41) is 11.8. The minimum atomic E-state index is -0.919. The van der Waals surface area contributed by atoms with Crippen LogP contribution in [-0.2, 0) is 16.1 Å². The lowest BCUT2D eigenvalue weighted by Crippen LogP contribution is -2.38. The van der Waals surface area contributed by atoms with Gasteiger partial charge in [0.05, 0.1) is 18.4 Å². The van der Waals surface area contributed by atoms with E-state index in [2.05, 4.69) is 15.3 Å². The zero-order valence-corrected chi connectivity index (χ0v) is 9.80. The fourth-order valence-corrected chi connectivity index (χ4v) is 2.07. The number of aromatic amines is 1. The van der Waals surface area contributed by atoms with Gasteiger partial charge in [0, 0.05) is 12.4 Å². The van der Waals surface area contributed by atoms with E-state index < -0.39 is 17.8 Å². The highest BCUT2D eigenvalue weighted by molar-refractivity contribution is 5.85. The quantitative estimate of drug-likeness (QED) is 0.684. The smallest absolute Gasteiger partial charge is 0.307 e. The van der Waals surface area contributed by atoms with Crippen LogP contribution in [0.2, 0.25) is 0 Å². The predicted molar refractivity (Wildman–Crippen MR) is 63.4 cm³/mol. The van der Waals surface area contributed by atoms with Crippen LogP contribution < -0.4 is 5.32 Å². The van der Waals surface area contributed by atoms with Crippen molar-refractivity contribution in [3.8, 4) is 0 Å². The Balaban J connectivity index is 1.94. The van der Waals surface area contributed by atoms with Gasteiger partial charge in [0.15, 0.2) is 0 Å². The molecule has 1 heterocycles. The van der Waals surface area contributed by atoms with Gasteiger partial charge in [-0.1, -0.05) is 12.2 Å². The van der Waals surface area contributed by atoms with Crippen LogP contribution in [0, 0.1) is 11.8 Å². The highest BCUT2D eigenvalue weighted by Crippen LogP contribution is 2.25. The van der Waals surface area contributed by atoms with Crippen molar-refractivity contribution in [1.82, 2.24) is 15.3 Å². The van der Waals surface area contributed by atoms with Crippen LogP contribution in [-0.4, -0.2) is 27.0 Å². The summed E-state index contributed by atoms with van der Waals surface area (Å²) in [4.78, 5) is 29.9. The number of imidazole rings is 1. The molecular weight excluding hydrogens is 234 g/mol. The standard InChI is InChI=1S/C12H15N3O3/c16-11(15-7-10-13-5-6-14-10)8-3-1-2-4-9(8)12(17)18/h1-2,5-6,8-9H,3-4,7H2,(H,13,14)(H,15,16)(H,17,18)/t8-,9+/m1/s1. The molecule has 3 N–H and O–H groups in total. The van der Waals surface area contributed by atoms with Crippen molar-refractivity contribution in [3.05, 3.63) is 30.4 Å². The van der Waals surface area contributed by atoms with Crippen molar-refractivity contribution in [1.29, 1.82) is 0 Å². The first-order valence-electron chi connectivity index (χ1n) is 5.82. The number of carboxylic acids is 1. The van der Waals surface area contributed by atoms with Gasteiger partial charge in [0.1, 0.15) is 5.82 Å². The number of aromatic nitrogens is 2. The predicted octanol–water partition coefficient (Wildman–Crippen LogP) is 0.693. The topological polar surface area (TPSA) is 95.1 Å². The molecule has 0 radical (unpaired) electrons. The number of aliphatic carboxylic acids is 1. The lowest BCUT2D eigenvalue weighted by atomic mass is 9.82. The summed E-state index contributed by atoms with van der Waals surface area (Å²) >= 11 is 0. The Hall–Kier alpha value is -2.11. The number of hydrogen-bond donors (Lipinski definition) is 3. The number of rotatable bonds is 4. The van der Waals surface area contributed by atoms with Crippen LogP contribution in [0.5, 0.6) is 0 Å². The van der Waals surface area contributed by atoms with Crippen molar-refractivity contribution >= 4 is 11.9 Å². The summed E-state index contributed by atoms with van der Waals surface area (Å²) < 4.78 is 0. The van der Waals surface area contributed by atoms with E-state index in [0.717, 1.165) is 0 Å². The number of H-pyrrole nitrogens is 1. The molecule has 2 rings (SSSR count). The van der Waals surface area contributed by atoms with E-state index in [-0.39, 0.29) is 5.91 Å². The third kappa shape index (κ3) is 2.77. The maximum absolute atomic E-state index is 12.0. The zero-order chi connectivity index (χ0) is 13.0. The molecule has 0 saturated heterocycles. The molecule has 1 amide bonds. The molecule has 0 unspecified atom stereocenters. The van der Waals surface area contributed by atoms with Crippen LogP contribution in [0.25, 0.3) is 0 Å². The zero-order valence-electron chi connectivity index (χ0n) is 9.80. The van der Waals surface area contributed by atoms with Gasteiger partial charge in [0.2, 0.25) is 5.91 Å². The molecule has 1 aliphatic rings. The Morgan fingerprint density at radius 1 is 1.39 bits per heavy atom. The Morgan fingerprint density at radius 2 is 2.11 bits per heavy atom. The van der Waals surface area contributed by atoms with Gasteiger partial charge in [-0.3, -0.25) is 9.59 Å². The third-order valence-corrected chi connectivity index (χ3v) is 3.07. The van der Waals surface area contributed by atoms with Gasteiger partial charge in [0.25, 0.3) is 0 Å². The molecule has 96 valence electrons. The van der Waals surface area contributed by atoms with Crippen LogP contribution >= 0.6 is 0 Å². The summed E-state index contributed by atoms with van der Waals surface area (Å²) in [7, 11) is 0. The molecule has 1 aromatic rings. The monoisotopic (exact) mass is 249 g/mol. The minimum absolute atomic E-state index is 0.233. The molecule has 1 aliphatic carbocycles. The number of nitrogens with one attached hydrogen (secondary N) is 2. The largest absolute Gasteiger partial charge is 0.481 e.